The molecule has 5 heteroatoms. The monoisotopic (exact) mass is 274 g/mol. The molecule has 0 spiro atoms. The van der Waals surface area contributed by atoms with Crippen LogP contribution < -0.4 is 5.73 Å². The minimum absolute atomic E-state index is 0.0634. The lowest BCUT2D eigenvalue weighted by atomic mass is 10.2. The van der Waals surface area contributed by atoms with Crippen LogP contribution in [0.1, 0.15) is 5.56 Å². The van der Waals surface area contributed by atoms with Crippen LogP contribution in [0.3, 0.4) is 0 Å². The van der Waals surface area contributed by atoms with E-state index in [0.29, 0.717) is 5.56 Å². The Kier molecular flexibility index (Phi) is 4.23. The molecule has 0 aromatic heterocycles. The number of nitrogens with zero attached hydrogens (tertiary/aromatic N) is 1. The van der Waals surface area contributed by atoms with E-state index in [1.165, 1.54) is 11.0 Å². The van der Waals surface area contributed by atoms with E-state index in [4.69, 9.17) is 5.73 Å². The fourth-order valence-corrected chi connectivity index (χ4v) is 1.57. The van der Waals surface area contributed by atoms with E-state index in [-0.39, 0.29) is 24.8 Å². The molecule has 0 aliphatic carbocycles. The van der Waals surface area contributed by atoms with Crippen molar-refractivity contribution in [3.63, 3.8) is 0 Å². The molecule has 1 aromatic carbocycles. The minimum Gasteiger partial charge on any atom is -0.340 e. The second-order valence-corrected chi connectivity index (χ2v) is 4.11. The fraction of sp³-hybridized carbons (Fsp3) is 0.300. The third-order valence-electron chi connectivity index (χ3n) is 2.02. The van der Waals surface area contributed by atoms with Gasteiger partial charge in [-0.25, -0.2) is 4.39 Å². The molecule has 2 N–H and O–H groups in total. The van der Waals surface area contributed by atoms with E-state index in [1.54, 1.807) is 19.2 Å². The van der Waals surface area contributed by atoms with E-state index >= 15 is 0 Å². The molecular formula is C10H12BrFN2O. The van der Waals surface area contributed by atoms with Gasteiger partial charge in [-0.2, -0.15) is 0 Å². The second-order valence-electron chi connectivity index (χ2n) is 3.19. The van der Waals surface area contributed by atoms with Crippen LogP contribution in [0.25, 0.3) is 0 Å². The van der Waals surface area contributed by atoms with Gasteiger partial charge >= 0.3 is 0 Å². The molecule has 3 nitrogen and oxygen atoms in total. The van der Waals surface area contributed by atoms with Crippen molar-refractivity contribution in [3.8, 4) is 0 Å². The molecule has 0 bridgehead atoms. The van der Waals surface area contributed by atoms with Crippen LogP contribution in [0.2, 0.25) is 0 Å². The highest BCUT2D eigenvalue weighted by Gasteiger charge is 2.10. The lowest BCUT2D eigenvalue weighted by molar-refractivity contribution is -0.128. The number of hydrogen-bond acceptors (Lipinski definition) is 2. The summed E-state index contributed by atoms with van der Waals surface area (Å²) in [7, 11) is 1.59. The Balaban J connectivity index is 2.80. The summed E-state index contributed by atoms with van der Waals surface area (Å²) in [6.07, 6.45) is 0. The number of hydrogen-bond donors (Lipinski definition) is 1. The number of benzene rings is 1. The van der Waals surface area contributed by atoms with Crippen molar-refractivity contribution in [2.45, 2.75) is 6.54 Å². The molecule has 82 valence electrons. The SMILES string of the molecule is CN(Cc1cc(Br)ccc1F)C(=O)CN. The summed E-state index contributed by atoms with van der Waals surface area (Å²) in [6.45, 7) is 0.160. The topological polar surface area (TPSA) is 46.3 Å². The average molecular weight is 275 g/mol. The Morgan fingerprint density at radius 1 is 1.60 bits per heavy atom. The molecule has 0 saturated carbocycles. The fourth-order valence-electron chi connectivity index (χ4n) is 1.16. The van der Waals surface area contributed by atoms with Gasteiger partial charge in [0.2, 0.25) is 5.91 Å². The number of halogens is 2. The molecule has 0 aliphatic rings. The van der Waals surface area contributed by atoms with Crippen LogP contribution >= 0.6 is 15.9 Å². The Labute approximate surface area is 96.2 Å². The molecule has 0 saturated heterocycles. The highest BCUT2D eigenvalue weighted by molar-refractivity contribution is 9.10. The first-order chi connectivity index (χ1) is 7.04. The number of carbonyl (C=O) groups is 1. The highest BCUT2D eigenvalue weighted by atomic mass is 79.9. The number of amides is 1. The van der Waals surface area contributed by atoms with E-state index in [9.17, 15) is 9.18 Å². The molecule has 0 heterocycles. The second kappa shape index (κ2) is 5.23. The van der Waals surface area contributed by atoms with Gasteiger partial charge in [0.25, 0.3) is 0 Å². The lowest BCUT2D eigenvalue weighted by Gasteiger charge is -2.16. The van der Waals surface area contributed by atoms with Gasteiger partial charge in [0.15, 0.2) is 0 Å². The minimum atomic E-state index is -0.324. The molecule has 1 rings (SSSR count). The molecule has 1 aromatic rings. The van der Waals surface area contributed by atoms with Gasteiger partial charge < -0.3 is 10.6 Å². The number of nitrogens with two attached hydrogens (primary N) is 1. The molecule has 0 aliphatic heterocycles. The standard InChI is InChI=1S/C10H12BrFN2O/c1-14(10(15)5-13)6-7-4-8(11)2-3-9(7)12/h2-4H,5-6,13H2,1H3. The quantitative estimate of drug-likeness (QED) is 0.908. The van der Waals surface area contributed by atoms with Crippen LogP contribution in [-0.2, 0) is 11.3 Å². The highest BCUT2D eigenvalue weighted by Crippen LogP contribution is 2.16. The zero-order valence-electron chi connectivity index (χ0n) is 8.34. The predicted octanol–water partition coefficient (Wildman–Crippen LogP) is 1.51. The van der Waals surface area contributed by atoms with E-state index in [0.717, 1.165) is 4.47 Å². The number of carbonyl (C=O) groups excluding carboxylic acids is 1. The Bertz CT molecular complexity index is 370. The van der Waals surface area contributed by atoms with Gasteiger partial charge in [-0.15, -0.1) is 0 Å². The maximum Gasteiger partial charge on any atom is 0.236 e. The van der Waals surface area contributed by atoms with E-state index < -0.39 is 0 Å². The third kappa shape index (κ3) is 3.28. The van der Waals surface area contributed by atoms with Crippen molar-refractivity contribution in [2.75, 3.05) is 13.6 Å². The summed E-state index contributed by atoms with van der Waals surface area (Å²) < 4.78 is 14.1. The first kappa shape index (κ1) is 12.1. The molecular weight excluding hydrogens is 263 g/mol. The molecule has 0 radical (unpaired) electrons. The Morgan fingerprint density at radius 3 is 2.87 bits per heavy atom. The lowest BCUT2D eigenvalue weighted by Crippen LogP contribution is -2.32. The van der Waals surface area contributed by atoms with Crippen molar-refractivity contribution in [2.24, 2.45) is 5.73 Å². The van der Waals surface area contributed by atoms with Crippen molar-refractivity contribution >= 4 is 21.8 Å². The van der Waals surface area contributed by atoms with Crippen LogP contribution in [-0.4, -0.2) is 24.4 Å². The normalized spacial score (nSPS) is 10.1. The van der Waals surface area contributed by atoms with Gasteiger partial charge in [0.1, 0.15) is 5.82 Å². The van der Waals surface area contributed by atoms with Crippen molar-refractivity contribution < 1.29 is 9.18 Å². The summed E-state index contributed by atoms with van der Waals surface area (Å²) in [5.74, 6) is -0.538. The summed E-state index contributed by atoms with van der Waals surface area (Å²) in [5, 5.41) is 0. The predicted molar refractivity (Wildman–Crippen MR) is 59.6 cm³/mol. The van der Waals surface area contributed by atoms with Crippen LogP contribution in [0.15, 0.2) is 22.7 Å². The van der Waals surface area contributed by atoms with Gasteiger partial charge in [-0.3, -0.25) is 4.79 Å². The number of likely N-dealkylation sites (N-methyl/N-ethyl adjacent to an activating group) is 1. The van der Waals surface area contributed by atoms with Crippen molar-refractivity contribution in [1.82, 2.24) is 4.90 Å². The van der Waals surface area contributed by atoms with Gasteiger partial charge in [0.05, 0.1) is 6.54 Å². The van der Waals surface area contributed by atoms with Crippen molar-refractivity contribution in [1.29, 1.82) is 0 Å². The van der Waals surface area contributed by atoms with E-state index in [2.05, 4.69) is 15.9 Å². The van der Waals surface area contributed by atoms with Gasteiger partial charge in [-0.05, 0) is 18.2 Å². The molecule has 0 fully saturated rings. The van der Waals surface area contributed by atoms with Crippen LogP contribution in [0.5, 0.6) is 0 Å². The first-order valence-corrected chi connectivity index (χ1v) is 5.22. The third-order valence-corrected chi connectivity index (χ3v) is 2.51. The van der Waals surface area contributed by atoms with Crippen LogP contribution in [0.4, 0.5) is 4.39 Å². The maximum atomic E-state index is 13.3. The summed E-state index contributed by atoms with van der Waals surface area (Å²) in [6, 6.07) is 4.62. The number of rotatable bonds is 3. The molecule has 0 unspecified atom stereocenters. The van der Waals surface area contributed by atoms with Crippen molar-refractivity contribution in [3.05, 3.63) is 34.1 Å². The smallest absolute Gasteiger partial charge is 0.236 e. The maximum absolute atomic E-state index is 13.3. The summed E-state index contributed by atoms with van der Waals surface area (Å²) in [4.78, 5) is 12.6. The zero-order chi connectivity index (χ0) is 11.4. The first-order valence-electron chi connectivity index (χ1n) is 4.42. The summed E-state index contributed by atoms with van der Waals surface area (Å²) in [5.41, 5.74) is 5.67. The van der Waals surface area contributed by atoms with Gasteiger partial charge in [0, 0.05) is 23.6 Å². The van der Waals surface area contributed by atoms with Crippen LogP contribution in [0, 0.1) is 5.82 Å². The molecule has 15 heavy (non-hydrogen) atoms. The average Bonchev–Trinajstić information content (AvgIpc) is 2.22. The Hall–Kier alpha value is -0.940. The molecule has 1 amide bonds. The zero-order valence-corrected chi connectivity index (χ0v) is 9.92. The Morgan fingerprint density at radius 2 is 2.27 bits per heavy atom. The largest absolute Gasteiger partial charge is 0.340 e. The molecule has 0 atom stereocenters. The summed E-state index contributed by atoms with van der Waals surface area (Å²) >= 11 is 3.25. The van der Waals surface area contributed by atoms with Gasteiger partial charge in [-0.1, -0.05) is 15.9 Å². The van der Waals surface area contributed by atoms with E-state index in [1.807, 2.05) is 0 Å².